The molecule has 1 saturated heterocycles. The zero-order valence-corrected chi connectivity index (χ0v) is 16.5. The van der Waals surface area contributed by atoms with Crippen LogP contribution in [0.2, 0.25) is 0 Å². The van der Waals surface area contributed by atoms with Gasteiger partial charge in [-0.25, -0.2) is 0 Å². The highest BCUT2D eigenvalue weighted by Crippen LogP contribution is 2.30. The van der Waals surface area contributed by atoms with Crippen LogP contribution in [-0.2, 0) is 11.0 Å². The number of alkyl halides is 3. The van der Waals surface area contributed by atoms with E-state index in [-0.39, 0.29) is 30.0 Å². The lowest BCUT2D eigenvalue weighted by atomic mass is 10.0. The second-order valence-electron chi connectivity index (χ2n) is 7.78. The molecule has 1 saturated carbocycles. The van der Waals surface area contributed by atoms with Gasteiger partial charge in [0.15, 0.2) is 0 Å². The van der Waals surface area contributed by atoms with E-state index < -0.39 is 11.7 Å². The third kappa shape index (κ3) is 5.72. The zero-order chi connectivity index (χ0) is 20.9. The van der Waals surface area contributed by atoms with E-state index in [0.717, 1.165) is 63.7 Å². The molecule has 160 valence electrons. The smallest absolute Gasteiger partial charge is 0.339 e. The van der Waals surface area contributed by atoms with Crippen LogP contribution in [0.25, 0.3) is 0 Å². The fraction of sp³-hybridized carbons (Fsp3) is 0.619. The molecule has 0 radical (unpaired) electrons. The maximum atomic E-state index is 13.2. The first-order chi connectivity index (χ1) is 13.9. The summed E-state index contributed by atoms with van der Waals surface area (Å²) in [6, 6.07) is 4.22. The topological polar surface area (TPSA) is 52.7 Å². The molecule has 1 aliphatic carbocycles. The van der Waals surface area contributed by atoms with Gasteiger partial charge >= 0.3 is 6.18 Å². The Morgan fingerprint density at radius 2 is 1.59 bits per heavy atom. The van der Waals surface area contributed by atoms with Crippen LogP contribution >= 0.6 is 0 Å². The van der Waals surface area contributed by atoms with Crippen molar-refractivity contribution in [1.82, 2.24) is 15.1 Å². The highest BCUT2D eigenvalue weighted by atomic mass is 19.4. The molecule has 2 amide bonds. The zero-order valence-electron chi connectivity index (χ0n) is 16.5. The third-order valence-corrected chi connectivity index (χ3v) is 5.76. The van der Waals surface area contributed by atoms with Crippen molar-refractivity contribution in [2.24, 2.45) is 0 Å². The molecule has 2 fully saturated rings. The second-order valence-corrected chi connectivity index (χ2v) is 7.78. The molecule has 1 N–H and O–H groups in total. The average molecular weight is 411 g/mol. The first kappa shape index (κ1) is 21.6. The number of carbonyl (C=O) groups excluding carboxylic acids is 2. The van der Waals surface area contributed by atoms with E-state index in [1.165, 1.54) is 12.1 Å². The van der Waals surface area contributed by atoms with E-state index in [1.807, 2.05) is 0 Å². The first-order valence-electron chi connectivity index (χ1n) is 10.3. The number of benzene rings is 1. The molecule has 2 aliphatic rings. The highest BCUT2D eigenvalue weighted by Gasteiger charge is 2.32. The van der Waals surface area contributed by atoms with Gasteiger partial charge in [-0.15, -0.1) is 0 Å². The van der Waals surface area contributed by atoms with Crippen molar-refractivity contribution < 1.29 is 22.8 Å². The van der Waals surface area contributed by atoms with Crippen LogP contribution in [0, 0.1) is 0 Å². The lowest BCUT2D eigenvalue weighted by molar-refractivity contribution is -0.137. The predicted octanol–water partition coefficient (Wildman–Crippen LogP) is 3.30. The average Bonchev–Trinajstić information content (AvgIpc) is 3.01. The molecule has 0 unspecified atom stereocenters. The summed E-state index contributed by atoms with van der Waals surface area (Å²) < 4.78 is 38.5. The minimum Gasteiger partial charge on any atom is -0.339 e. The van der Waals surface area contributed by atoms with Crippen molar-refractivity contribution in [3.8, 4) is 0 Å². The summed E-state index contributed by atoms with van der Waals surface area (Å²) in [5.41, 5.74) is -0.595. The molecule has 3 rings (SSSR count). The van der Waals surface area contributed by atoms with E-state index in [2.05, 4.69) is 5.32 Å². The molecule has 8 heteroatoms. The molecule has 0 spiro atoms. The lowest BCUT2D eigenvalue weighted by Crippen LogP contribution is -2.52. The van der Waals surface area contributed by atoms with Crippen molar-refractivity contribution in [2.45, 2.75) is 50.7 Å². The fourth-order valence-corrected chi connectivity index (χ4v) is 4.06. The van der Waals surface area contributed by atoms with Gasteiger partial charge in [-0.2, -0.15) is 13.2 Å². The number of rotatable bonds is 4. The monoisotopic (exact) mass is 411 g/mol. The van der Waals surface area contributed by atoms with Crippen LogP contribution < -0.4 is 5.32 Å². The molecule has 29 heavy (non-hydrogen) atoms. The van der Waals surface area contributed by atoms with Crippen LogP contribution in [0.1, 0.15) is 54.4 Å². The van der Waals surface area contributed by atoms with Crippen LogP contribution in [0.3, 0.4) is 0 Å². The van der Waals surface area contributed by atoms with Crippen molar-refractivity contribution in [3.63, 3.8) is 0 Å². The van der Waals surface area contributed by atoms with Crippen molar-refractivity contribution in [1.29, 1.82) is 0 Å². The first-order valence-corrected chi connectivity index (χ1v) is 10.3. The Kier molecular flexibility index (Phi) is 7.16. The van der Waals surface area contributed by atoms with Crippen LogP contribution in [-0.4, -0.2) is 60.4 Å². The van der Waals surface area contributed by atoms with Gasteiger partial charge in [-0.3, -0.25) is 9.59 Å². The maximum absolute atomic E-state index is 13.2. The molecular formula is C21H28F3N3O2. The van der Waals surface area contributed by atoms with Crippen LogP contribution in [0.15, 0.2) is 24.3 Å². The molecule has 0 bridgehead atoms. The Morgan fingerprint density at radius 3 is 2.14 bits per heavy atom. The normalized spacial score (nSPS) is 18.9. The minimum absolute atomic E-state index is 0.0233. The minimum atomic E-state index is -4.44. The number of amides is 2. The quantitative estimate of drug-likeness (QED) is 0.774. The van der Waals surface area contributed by atoms with E-state index in [9.17, 15) is 22.8 Å². The summed E-state index contributed by atoms with van der Waals surface area (Å²) in [5, 5.41) is 3.19. The Morgan fingerprint density at radius 1 is 1.00 bits per heavy atom. The number of piperazine rings is 1. The summed E-state index contributed by atoms with van der Waals surface area (Å²) >= 11 is 0. The summed E-state index contributed by atoms with van der Waals surface area (Å²) in [6.07, 6.45) is 1.38. The van der Waals surface area contributed by atoms with Gasteiger partial charge in [-0.1, -0.05) is 25.7 Å². The highest BCUT2D eigenvalue weighted by molar-refractivity contribution is 5.96. The SMILES string of the molecule is O=C(CN(C(=O)c1ccc(C(F)(F)F)cc1)C1CCCCCC1)N1CCNCC1. The third-order valence-electron chi connectivity index (χ3n) is 5.76. The molecule has 0 atom stereocenters. The lowest BCUT2D eigenvalue weighted by Gasteiger charge is -2.34. The van der Waals surface area contributed by atoms with Crippen molar-refractivity contribution >= 4 is 11.8 Å². The van der Waals surface area contributed by atoms with Crippen molar-refractivity contribution in [3.05, 3.63) is 35.4 Å². The summed E-state index contributed by atoms with van der Waals surface area (Å²) in [6.45, 7) is 2.63. The summed E-state index contributed by atoms with van der Waals surface area (Å²) in [4.78, 5) is 29.4. The van der Waals surface area contributed by atoms with E-state index in [1.54, 1.807) is 9.80 Å². The van der Waals surface area contributed by atoms with E-state index >= 15 is 0 Å². The molecular weight excluding hydrogens is 383 g/mol. The van der Waals surface area contributed by atoms with Gasteiger partial charge < -0.3 is 15.1 Å². The van der Waals surface area contributed by atoms with Gasteiger partial charge in [0.1, 0.15) is 6.54 Å². The Hall–Kier alpha value is -2.09. The number of nitrogens with one attached hydrogen (secondary N) is 1. The molecule has 1 aromatic rings. The van der Waals surface area contributed by atoms with Gasteiger partial charge in [-0.05, 0) is 37.1 Å². The number of nitrogens with zero attached hydrogens (tertiary/aromatic N) is 2. The molecule has 1 heterocycles. The van der Waals surface area contributed by atoms with Crippen molar-refractivity contribution in [2.75, 3.05) is 32.7 Å². The fourth-order valence-electron chi connectivity index (χ4n) is 4.06. The number of carbonyl (C=O) groups is 2. The molecule has 0 aromatic heterocycles. The second kappa shape index (κ2) is 9.61. The van der Waals surface area contributed by atoms with Gasteiger partial charge in [0.05, 0.1) is 5.56 Å². The van der Waals surface area contributed by atoms with E-state index in [4.69, 9.17) is 0 Å². The number of hydrogen-bond donors (Lipinski definition) is 1. The van der Waals surface area contributed by atoms with Crippen LogP contribution in [0.5, 0.6) is 0 Å². The maximum Gasteiger partial charge on any atom is 0.416 e. The Bertz CT molecular complexity index is 692. The Balaban J connectivity index is 1.79. The van der Waals surface area contributed by atoms with Gasteiger partial charge in [0, 0.05) is 37.8 Å². The largest absolute Gasteiger partial charge is 0.416 e. The van der Waals surface area contributed by atoms with Gasteiger partial charge in [0.2, 0.25) is 5.91 Å². The standard InChI is InChI=1S/C21H28F3N3O2/c22-21(23,24)17-9-7-16(8-10-17)20(29)27(18-5-3-1-2-4-6-18)15-19(28)26-13-11-25-12-14-26/h7-10,18,25H,1-6,11-15H2. The summed E-state index contributed by atoms with van der Waals surface area (Å²) in [7, 11) is 0. The van der Waals surface area contributed by atoms with Crippen LogP contribution in [0.4, 0.5) is 13.2 Å². The molecule has 5 nitrogen and oxygen atoms in total. The van der Waals surface area contributed by atoms with E-state index in [0.29, 0.717) is 13.1 Å². The Labute approximate surface area is 169 Å². The van der Waals surface area contributed by atoms with Gasteiger partial charge in [0.25, 0.3) is 5.91 Å². The molecule has 1 aromatic carbocycles. The number of halogens is 3. The number of hydrogen-bond acceptors (Lipinski definition) is 3. The predicted molar refractivity (Wildman–Crippen MR) is 103 cm³/mol. The molecule has 1 aliphatic heterocycles. The summed E-state index contributed by atoms with van der Waals surface area (Å²) in [5.74, 6) is -0.467.